The molecule has 12 aromatic carbocycles. The van der Waals surface area contributed by atoms with E-state index in [1.165, 1.54) is 110 Å². The Kier molecular flexibility index (Phi) is 8.57. The molecule has 68 heavy (non-hydrogen) atoms. The van der Waals surface area contributed by atoms with E-state index in [-0.39, 0.29) is 0 Å². The predicted molar refractivity (Wildman–Crippen MR) is 286 cm³/mol. The summed E-state index contributed by atoms with van der Waals surface area (Å²) < 4.78 is 0. The summed E-state index contributed by atoms with van der Waals surface area (Å²) in [6, 6.07) is 97.2. The van der Waals surface area contributed by atoms with Crippen LogP contribution in [-0.4, -0.2) is 0 Å². The third kappa shape index (κ3) is 5.51. The number of anilines is 3. The fourth-order valence-corrected chi connectivity index (χ4v) is 12.1. The standard InChI is InChI=1S/C67H43N/c1-3-20-44(21-4-1)50-40-38-47(42-60(50)46-22-5-2-6-23-46)68(66-59-33-12-10-28-52(59)51-27-9-11-32-58(51)65(66)57-34-19-25-45-24-7-8-26-49(45)57)48-39-41-56-55-31-15-18-37-63(55)67(64(56)43-48)61-35-16-13-29-53(61)54-30-14-17-36-62(54)67/h1-43H. The van der Waals surface area contributed by atoms with Gasteiger partial charge in [0.25, 0.3) is 0 Å². The van der Waals surface area contributed by atoms with Crippen molar-refractivity contribution in [3.8, 4) is 55.6 Å². The van der Waals surface area contributed by atoms with Crippen LogP contribution < -0.4 is 4.90 Å². The molecule has 2 aliphatic carbocycles. The van der Waals surface area contributed by atoms with Crippen molar-refractivity contribution >= 4 is 49.4 Å². The van der Waals surface area contributed by atoms with E-state index in [9.17, 15) is 0 Å². The van der Waals surface area contributed by atoms with Gasteiger partial charge >= 0.3 is 0 Å². The van der Waals surface area contributed by atoms with E-state index in [2.05, 4.69) is 266 Å². The van der Waals surface area contributed by atoms with E-state index in [0.29, 0.717) is 0 Å². The second-order valence-corrected chi connectivity index (χ2v) is 18.3. The number of hydrogen-bond donors (Lipinski definition) is 0. The molecule has 0 unspecified atom stereocenters. The number of hydrogen-bond acceptors (Lipinski definition) is 1. The summed E-state index contributed by atoms with van der Waals surface area (Å²) in [5.74, 6) is 0. The van der Waals surface area contributed by atoms with Crippen LogP contribution in [0.25, 0.3) is 88.0 Å². The predicted octanol–water partition coefficient (Wildman–Crippen LogP) is 18.0. The van der Waals surface area contributed by atoms with Gasteiger partial charge < -0.3 is 4.90 Å². The molecule has 0 bridgehead atoms. The fourth-order valence-electron chi connectivity index (χ4n) is 12.1. The van der Waals surface area contributed by atoms with Crippen LogP contribution in [0.1, 0.15) is 22.3 Å². The molecule has 0 saturated heterocycles. The highest BCUT2D eigenvalue weighted by Gasteiger charge is 2.51. The monoisotopic (exact) mass is 861 g/mol. The molecule has 14 rings (SSSR count). The number of rotatable bonds is 6. The first-order valence-corrected chi connectivity index (χ1v) is 23.7. The summed E-state index contributed by atoms with van der Waals surface area (Å²) in [5.41, 5.74) is 20.5. The Bertz CT molecular complexity index is 3910. The van der Waals surface area contributed by atoms with Crippen LogP contribution in [0.5, 0.6) is 0 Å². The van der Waals surface area contributed by atoms with Gasteiger partial charge in [-0.25, -0.2) is 0 Å². The molecule has 0 aliphatic heterocycles. The van der Waals surface area contributed by atoms with Crippen molar-refractivity contribution in [1.82, 2.24) is 0 Å². The molecule has 1 heteroatoms. The summed E-state index contributed by atoms with van der Waals surface area (Å²) in [5, 5.41) is 7.31. The van der Waals surface area contributed by atoms with Crippen molar-refractivity contribution in [3.05, 3.63) is 283 Å². The summed E-state index contributed by atoms with van der Waals surface area (Å²) >= 11 is 0. The highest BCUT2D eigenvalue weighted by Crippen LogP contribution is 2.64. The van der Waals surface area contributed by atoms with Crippen LogP contribution in [0.2, 0.25) is 0 Å². The lowest BCUT2D eigenvalue weighted by molar-refractivity contribution is 0.793. The van der Waals surface area contributed by atoms with Gasteiger partial charge in [-0.3, -0.25) is 0 Å². The van der Waals surface area contributed by atoms with Crippen molar-refractivity contribution in [1.29, 1.82) is 0 Å². The third-order valence-electron chi connectivity index (χ3n) is 14.9. The molecule has 0 saturated carbocycles. The molecule has 0 N–H and O–H groups in total. The van der Waals surface area contributed by atoms with E-state index >= 15 is 0 Å². The van der Waals surface area contributed by atoms with Gasteiger partial charge in [0.1, 0.15) is 0 Å². The van der Waals surface area contributed by atoms with Gasteiger partial charge in [-0.05, 0) is 124 Å². The Morgan fingerprint density at radius 1 is 0.250 bits per heavy atom. The molecule has 2 aliphatic rings. The Hall–Kier alpha value is -8.78. The molecule has 0 aromatic heterocycles. The lowest BCUT2D eigenvalue weighted by atomic mass is 9.70. The summed E-state index contributed by atoms with van der Waals surface area (Å²) in [7, 11) is 0. The van der Waals surface area contributed by atoms with Crippen LogP contribution >= 0.6 is 0 Å². The van der Waals surface area contributed by atoms with Crippen molar-refractivity contribution in [2.45, 2.75) is 5.41 Å². The van der Waals surface area contributed by atoms with Gasteiger partial charge in [-0.2, -0.15) is 0 Å². The molecular formula is C67H43N. The second-order valence-electron chi connectivity index (χ2n) is 18.3. The van der Waals surface area contributed by atoms with Crippen molar-refractivity contribution in [2.75, 3.05) is 4.90 Å². The van der Waals surface area contributed by atoms with E-state index in [4.69, 9.17) is 0 Å². The maximum absolute atomic E-state index is 2.59. The Morgan fingerprint density at radius 3 is 1.31 bits per heavy atom. The lowest BCUT2D eigenvalue weighted by Gasteiger charge is -2.34. The minimum Gasteiger partial charge on any atom is -0.309 e. The zero-order chi connectivity index (χ0) is 44.8. The van der Waals surface area contributed by atoms with Gasteiger partial charge in [0, 0.05) is 22.3 Å². The molecule has 316 valence electrons. The van der Waals surface area contributed by atoms with E-state index in [0.717, 1.165) is 17.1 Å². The smallest absolute Gasteiger partial charge is 0.0726 e. The minimum atomic E-state index is -0.503. The maximum atomic E-state index is 2.59. The van der Waals surface area contributed by atoms with E-state index in [1.54, 1.807) is 0 Å². The maximum Gasteiger partial charge on any atom is 0.0726 e. The number of nitrogens with zero attached hydrogens (tertiary/aromatic N) is 1. The van der Waals surface area contributed by atoms with E-state index in [1.807, 2.05) is 0 Å². The van der Waals surface area contributed by atoms with Crippen LogP contribution in [0.4, 0.5) is 17.1 Å². The van der Waals surface area contributed by atoms with Crippen molar-refractivity contribution in [3.63, 3.8) is 0 Å². The van der Waals surface area contributed by atoms with Gasteiger partial charge in [-0.1, -0.05) is 237 Å². The summed E-state index contributed by atoms with van der Waals surface area (Å²) in [4.78, 5) is 2.59. The van der Waals surface area contributed by atoms with Crippen LogP contribution in [0.15, 0.2) is 261 Å². The molecule has 1 spiro atoms. The first-order chi connectivity index (χ1) is 33.8. The second kappa shape index (κ2) is 15.1. The third-order valence-corrected chi connectivity index (χ3v) is 14.9. The number of benzene rings is 12. The SMILES string of the molecule is c1ccc(-c2ccc(N(c3ccc4c(c3)C3(c5ccccc5-c5ccccc53)c3ccccc3-4)c3c(-c4cccc5ccccc45)c4ccccc4c4ccccc34)cc2-c2ccccc2)cc1. The topological polar surface area (TPSA) is 3.24 Å². The van der Waals surface area contributed by atoms with Gasteiger partial charge in [0.05, 0.1) is 11.1 Å². The quantitative estimate of drug-likeness (QED) is 0.151. The minimum absolute atomic E-state index is 0.503. The summed E-state index contributed by atoms with van der Waals surface area (Å²) in [6.45, 7) is 0. The summed E-state index contributed by atoms with van der Waals surface area (Å²) in [6.07, 6.45) is 0. The highest BCUT2D eigenvalue weighted by atomic mass is 15.1. The molecule has 0 radical (unpaired) electrons. The van der Waals surface area contributed by atoms with Gasteiger partial charge in [0.2, 0.25) is 0 Å². The van der Waals surface area contributed by atoms with Crippen LogP contribution in [-0.2, 0) is 5.41 Å². The van der Waals surface area contributed by atoms with Crippen LogP contribution in [0, 0.1) is 0 Å². The first-order valence-electron chi connectivity index (χ1n) is 23.7. The Labute approximate surface area is 396 Å². The number of fused-ring (bicyclic) bond motifs is 14. The molecule has 0 amide bonds. The molecule has 1 nitrogen and oxygen atoms in total. The van der Waals surface area contributed by atoms with Crippen molar-refractivity contribution in [2.24, 2.45) is 0 Å². The molecule has 0 atom stereocenters. The molecule has 0 heterocycles. The van der Waals surface area contributed by atoms with Crippen LogP contribution in [0.3, 0.4) is 0 Å². The van der Waals surface area contributed by atoms with Crippen molar-refractivity contribution < 1.29 is 0 Å². The average Bonchev–Trinajstić information content (AvgIpc) is 3.88. The zero-order valence-electron chi connectivity index (χ0n) is 37.3. The highest BCUT2D eigenvalue weighted by molar-refractivity contribution is 6.24. The molecule has 0 fully saturated rings. The first kappa shape index (κ1) is 38.5. The Morgan fingerprint density at radius 2 is 0.676 bits per heavy atom. The molecular weight excluding hydrogens is 819 g/mol. The largest absolute Gasteiger partial charge is 0.309 e. The normalized spacial score (nSPS) is 12.8. The van der Waals surface area contributed by atoms with E-state index < -0.39 is 5.41 Å². The van der Waals surface area contributed by atoms with Gasteiger partial charge in [0.15, 0.2) is 0 Å². The van der Waals surface area contributed by atoms with Gasteiger partial charge in [-0.15, -0.1) is 0 Å². The fraction of sp³-hybridized carbons (Fsp3) is 0.0149. The lowest BCUT2D eigenvalue weighted by Crippen LogP contribution is -2.26. The molecule has 12 aromatic rings. The average molecular weight is 862 g/mol. The zero-order valence-corrected chi connectivity index (χ0v) is 37.3. The Balaban J connectivity index is 1.14.